The Hall–Kier alpha value is -2.51. The summed E-state index contributed by atoms with van der Waals surface area (Å²) in [4.78, 5) is 22.9. The van der Waals surface area contributed by atoms with E-state index >= 15 is 0 Å². The molecule has 0 radical (unpaired) electrons. The average molecular weight is 339 g/mol. The Kier molecular flexibility index (Phi) is 6.82. The smallest absolute Gasteiger partial charge is 0.407 e. The van der Waals surface area contributed by atoms with Gasteiger partial charge in [-0.3, -0.25) is 10.1 Å². The summed E-state index contributed by atoms with van der Waals surface area (Å²) in [5, 5.41) is 20.0. The molecule has 0 fully saturated rings. The number of hydrogen-bond donors (Lipinski definition) is 2. The van der Waals surface area contributed by atoms with Gasteiger partial charge in [0.15, 0.2) is 0 Å². The highest BCUT2D eigenvalue weighted by Crippen LogP contribution is 2.26. The zero-order chi connectivity index (χ0) is 18.3. The second-order valence-corrected chi connectivity index (χ2v) is 6.49. The van der Waals surface area contributed by atoms with E-state index in [0.29, 0.717) is 18.9 Å². The summed E-state index contributed by atoms with van der Waals surface area (Å²) in [6.07, 6.45) is 1.34. The van der Waals surface area contributed by atoms with Crippen molar-refractivity contribution in [1.29, 1.82) is 0 Å². The molecule has 0 heterocycles. The second kappa shape index (κ2) is 8.37. The number of nitrogens with two attached hydrogens (primary N) is 1. The second-order valence-electron chi connectivity index (χ2n) is 6.49. The van der Waals surface area contributed by atoms with E-state index in [2.05, 4.69) is 0 Å². The number of amides is 1. The number of ether oxygens (including phenoxy) is 1. The quantitative estimate of drug-likeness (QED) is 0.324. The van der Waals surface area contributed by atoms with Gasteiger partial charge in [0.05, 0.1) is 17.6 Å². The highest BCUT2D eigenvalue weighted by molar-refractivity contribution is 5.65. The molecule has 24 heavy (non-hydrogen) atoms. The summed E-state index contributed by atoms with van der Waals surface area (Å²) in [6, 6.07) is 4.34. The lowest BCUT2D eigenvalue weighted by molar-refractivity contribution is -0.384. The van der Waals surface area contributed by atoms with Gasteiger partial charge in [0.2, 0.25) is 0 Å². The van der Waals surface area contributed by atoms with Gasteiger partial charge < -0.3 is 20.5 Å². The number of benzene rings is 1. The Morgan fingerprint density at radius 3 is 2.54 bits per heavy atom. The molecule has 1 aromatic carbocycles. The fourth-order valence-corrected chi connectivity index (χ4v) is 2.23. The fraction of sp³-hybridized carbons (Fsp3) is 0.562. The number of unbranched alkanes of at least 4 members (excludes halogenated alkanes) is 2. The minimum Gasteiger partial charge on any atom is -0.493 e. The van der Waals surface area contributed by atoms with Crippen molar-refractivity contribution in [2.75, 3.05) is 18.9 Å². The summed E-state index contributed by atoms with van der Waals surface area (Å²) in [5.74, 6) is 0.401. The van der Waals surface area contributed by atoms with E-state index in [1.54, 1.807) is 6.07 Å². The number of nitrogens with zero attached hydrogens (tertiary/aromatic N) is 2. The van der Waals surface area contributed by atoms with Gasteiger partial charge in [-0.25, -0.2) is 4.79 Å². The minimum absolute atomic E-state index is 0.100. The van der Waals surface area contributed by atoms with Gasteiger partial charge in [-0.15, -0.1) is 0 Å². The molecule has 0 unspecified atom stereocenters. The molecule has 0 aliphatic heterocycles. The third-order valence-corrected chi connectivity index (χ3v) is 3.53. The van der Waals surface area contributed by atoms with E-state index in [9.17, 15) is 20.0 Å². The number of rotatable bonds is 8. The summed E-state index contributed by atoms with van der Waals surface area (Å²) < 4.78 is 5.48. The normalized spacial score (nSPS) is 11.1. The Bertz CT molecular complexity index is 584. The molecule has 0 bridgehead atoms. The molecule has 1 aromatic rings. The largest absolute Gasteiger partial charge is 0.493 e. The molecule has 0 aliphatic rings. The van der Waals surface area contributed by atoms with Crippen LogP contribution in [-0.2, 0) is 0 Å². The van der Waals surface area contributed by atoms with Gasteiger partial charge in [-0.1, -0.05) is 0 Å². The van der Waals surface area contributed by atoms with Crippen molar-refractivity contribution < 1.29 is 19.6 Å². The third kappa shape index (κ3) is 5.94. The number of carbonyl (C=O) groups is 1. The van der Waals surface area contributed by atoms with Crippen LogP contribution >= 0.6 is 0 Å². The number of nitro groups is 1. The zero-order valence-electron chi connectivity index (χ0n) is 14.3. The van der Waals surface area contributed by atoms with Crippen molar-refractivity contribution in [3.8, 4) is 5.75 Å². The molecule has 0 aliphatic carbocycles. The van der Waals surface area contributed by atoms with E-state index in [1.165, 1.54) is 17.0 Å². The maximum absolute atomic E-state index is 11.2. The summed E-state index contributed by atoms with van der Waals surface area (Å²) >= 11 is 0. The van der Waals surface area contributed by atoms with Crippen molar-refractivity contribution in [1.82, 2.24) is 4.90 Å². The van der Waals surface area contributed by atoms with Crippen LogP contribution in [0.25, 0.3) is 0 Å². The predicted octanol–water partition coefficient (Wildman–Crippen LogP) is 3.50. The lowest BCUT2D eigenvalue weighted by Crippen LogP contribution is -2.45. The number of carboxylic acid groups (broad SMARTS) is 1. The van der Waals surface area contributed by atoms with E-state index in [4.69, 9.17) is 10.5 Å². The molecular formula is C16H25N3O5. The Balaban J connectivity index is 2.36. The minimum atomic E-state index is -0.923. The van der Waals surface area contributed by atoms with Crippen LogP contribution in [0.15, 0.2) is 18.2 Å². The van der Waals surface area contributed by atoms with Gasteiger partial charge in [0, 0.05) is 12.1 Å². The monoisotopic (exact) mass is 339 g/mol. The summed E-state index contributed by atoms with van der Waals surface area (Å²) in [7, 11) is 0. The first-order valence-corrected chi connectivity index (χ1v) is 7.80. The number of hydrogen-bond acceptors (Lipinski definition) is 5. The molecular weight excluding hydrogens is 314 g/mol. The van der Waals surface area contributed by atoms with Crippen molar-refractivity contribution >= 4 is 17.5 Å². The molecule has 3 N–H and O–H groups in total. The van der Waals surface area contributed by atoms with E-state index in [0.717, 1.165) is 19.3 Å². The molecule has 0 atom stereocenters. The van der Waals surface area contributed by atoms with Gasteiger partial charge in [-0.2, -0.15) is 0 Å². The van der Waals surface area contributed by atoms with Gasteiger partial charge in [-0.05, 0) is 52.2 Å². The van der Waals surface area contributed by atoms with E-state index < -0.39 is 16.6 Å². The summed E-state index contributed by atoms with van der Waals surface area (Å²) in [5.41, 5.74) is 5.03. The Labute approximate surface area is 141 Å². The fourth-order valence-electron chi connectivity index (χ4n) is 2.23. The van der Waals surface area contributed by atoms with Crippen LogP contribution in [0.5, 0.6) is 5.75 Å². The first-order chi connectivity index (χ1) is 11.1. The summed E-state index contributed by atoms with van der Waals surface area (Å²) in [6.45, 7) is 6.45. The topological polar surface area (TPSA) is 119 Å². The molecule has 134 valence electrons. The number of nitrogen functional groups attached to an aromatic ring is 1. The molecule has 1 rings (SSSR count). The lowest BCUT2D eigenvalue weighted by Gasteiger charge is -2.33. The first kappa shape index (κ1) is 19.5. The van der Waals surface area contributed by atoms with Gasteiger partial charge in [0.1, 0.15) is 11.4 Å². The van der Waals surface area contributed by atoms with Crippen molar-refractivity contribution in [3.05, 3.63) is 28.3 Å². The lowest BCUT2D eigenvalue weighted by atomic mass is 10.1. The predicted molar refractivity (Wildman–Crippen MR) is 91.3 cm³/mol. The van der Waals surface area contributed by atoms with Crippen LogP contribution in [0.4, 0.5) is 16.2 Å². The molecule has 0 saturated carbocycles. The molecule has 1 amide bonds. The molecule has 0 saturated heterocycles. The van der Waals surface area contributed by atoms with Crippen LogP contribution < -0.4 is 10.5 Å². The average Bonchev–Trinajstić information content (AvgIpc) is 2.45. The van der Waals surface area contributed by atoms with Crippen LogP contribution in [0.1, 0.15) is 40.0 Å². The third-order valence-electron chi connectivity index (χ3n) is 3.53. The Morgan fingerprint density at radius 1 is 1.33 bits per heavy atom. The highest BCUT2D eigenvalue weighted by atomic mass is 16.6. The van der Waals surface area contributed by atoms with Crippen LogP contribution in [0, 0.1) is 10.1 Å². The molecule has 8 heteroatoms. The van der Waals surface area contributed by atoms with Crippen LogP contribution in [0.3, 0.4) is 0 Å². The van der Waals surface area contributed by atoms with Crippen LogP contribution in [0.2, 0.25) is 0 Å². The van der Waals surface area contributed by atoms with Gasteiger partial charge in [0.25, 0.3) is 5.69 Å². The number of nitro benzene ring substituents is 1. The molecule has 0 aromatic heterocycles. The molecule has 8 nitrogen and oxygen atoms in total. The van der Waals surface area contributed by atoms with E-state index in [-0.39, 0.29) is 11.4 Å². The SMILES string of the molecule is CC(C)(C)N(CCCCCOc1ccc(N)c([N+](=O)[O-])c1)C(=O)O. The first-order valence-electron chi connectivity index (χ1n) is 7.80. The number of anilines is 1. The standard InChI is InChI=1S/C16H25N3O5/c1-16(2,3)18(15(20)21)9-5-4-6-10-24-12-7-8-13(17)14(11-12)19(22)23/h7-8,11H,4-6,9-10,17H2,1-3H3,(H,20,21). The van der Waals surface area contributed by atoms with E-state index in [1.807, 2.05) is 20.8 Å². The maximum atomic E-state index is 11.2. The van der Waals surface area contributed by atoms with Gasteiger partial charge >= 0.3 is 6.09 Å². The van der Waals surface area contributed by atoms with Crippen LogP contribution in [-0.4, -0.2) is 39.7 Å². The highest BCUT2D eigenvalue weighted by Gasteiger charge is 2.25. The van der Waals surface area contributed by atoms with Crippen molar-refractivity contribution in [2.24, 2.45) is 0 Å². The Morgan fingerprint density at radius 2 is 2.00 bits per heavy atom. The molecule has 0 spiro atoms. The van der Waals surface area contributed by atoms with Crippen molar-refractivity contribution in [3.63, 3.8) is 0 Å². The zero-order valence-corrected chi connectivity index (χ0v) is 14.3. The maximum Gasteiger partial charge on any atom is 0.407 e. The van der Waals surface area contributed by atoms with Crippen molar-refractivity contribution in [2.45, 2.75) is 45.6 Å².